The monoisotopic (exact) mass is 252 g/mol. The van der Waals surface area contributed by atoms with Gasteiger partial charge in [0.2, 0.25) is 0 Å². The van der Waals surface area contributed by atoms with Crippen LogP contribution in [0.3, 0.4) is 0 Å². The van der Waals surface area contributed by atoms with Crippen LogP contribution >= 0.6 is 15.9 Å². The van der Waals surface area contributed by atoms with E-state index in [2.05, 4.69) is 38.0 Å². The van der Waals surface area contributed by atoms with Crippen LogP contribution in [0.15, 0.2) is 17.0 Å². The van der Waals surface area contributed by atoms with Crippen molar-refractivity contribution in [1.29, 1.82) is 0 Å². The minimum atomic E-state index is 0.583. The molecule has 0 amide bonds. The second-order valence-electron chi connectivity index (χ2n) is 3.79. The molecule has 14 heavy (non-hydrogen) atoms. The van der Waals surface area contributed by atoms with Gasteiger partial charge in [0.1, 0.15) is 5.82 Å². The third-order valence-electron chi connectivity index (χ3n) is 2.75. The highest BCUT2D eigenvalue weighted by molar-refractivity contribution is 9.10. The van der Waals surface area contributed by atoms with Gasteiger partial charge in [-0.05, 0) is 28.3 Å². The van der Waals surface area contributed by atoms with Crippen molar-refractivity contribution in [2.45, 2.75) is 19.3 Å². The second kappa shape index (κ2) is 2.76. The van der Waals surface area contributed by atoms with Crippen molar-refractivity contribution in [2.24, 2.45) is 5.92 Å². The summed E-state index contributed by atoms with van der Waals surface area (Å²) in [5.74, 6) is 2.39. The van der Waals surface area contributed by atoms with Crippen LogP contribution in [0.25, 0.3) is 5.65 Å². The molecule has 5 heteroatoms. The number of halogens is 1. The van der Waals surface area contributed by atoms with Crippen LogP contribution in [-0.4, -0.2) is 19.6 Å². The highest BCUT2D eigenvalue weighted by atomic mass is 79.9. The lowest BCUT2D eigenvalue weighted by Crippen LogP contribution is -1.93. The molecule has 2 atom stereocenters. The van der Waals surface area contributed by atoms with E-state index in [4.69, 9.17) is 0 Å². The summed E-state index contributed by atoms with van der Waals surface area (Å²) in [4.78, 5) is 4.11. The van der Waals surface area contributed by atoms with Crippen molar-refractivity contribution in [1.82, 2.24) is 19.6 Å². The smallest absolute Gasteiger partial charge is 0.193 e. The molecule has 0 bridgehead atoms. The molecule has 0 N–H and O–H groups in total. The molecular formula is C9H9BrN4. The molecule has 2 unspecified atom stereocenters. The molecule has 1 aliphatic carbocycles. The minimum absolute atomic E-state index is 0.583. The van der Waals surface area contributed by atoms with Gasteiger partial charge in [0.25, 0.3) is 0 Å². The molecule has 0 radical (unpaired) electrons. The van der Waals surface area contributed by atoms with Crippen LogP contribution in [-0.2, 0) is 0 Å². The lowest BCUT2D eigenvalue weighted by atomic mass is 10.3. The van der Waals surface area contributed by atoms with Crippen molar-refractivity contribution in [3.63, 3.8) is 0 Å². The summed E-state index contributed by atoms with van der Waals surface area (Å²) in [6, 6.07) is 0. The highest BCUT2D eigenvalue weighted by Crippen LogP contribution is 2.46. The zero-order chi connectivity index (χ0) is 9.71. The van der Waals surface area contributed by atoms with Gasteiger partial charge >= 0.3 is 0 Å². The fraction of sp³-hybridized carbons (Fsp3) is 0.444. The predicted molar refractivity (Wildman–Crippen MR) is 55.0 cm³/mol. The summed E-state index contributed by atoms with van der Waals surface area (Å²) in [5.41, 5.74) is 0.807. The highest BCUT2D eigenvalue weighted by Gasteiger charge is 2.37. The first kappa shape index (κ1) is 8.35. The maximum absolute atomic E-state index is 4.21. The van der Waals surface area contributed by atoms with Crippen LogP contribution in [0, 0.1) is 5.92 Å². The second-order valence-corrected chi connectivity index (χ2v) is 4.54. The molecule has 3 rings (SSSR count). The standard InChI is InChI=1S/C9H9BrN4/c1-5-4-6(5)8-12-13-9-7(10)11-2-3-14(8)9/h2-3,5-6H,4H2,1H3. The molecule has 0 saturated heterocycles. The topological polar surface area (TPSA) is 43.1 Å². The van der Waals surface area contributed by atoms with Crippen molar-refractivity contribution < 1.29 is 0 Å². The SMILES string of the molecule is CC1CC1c1nnc2c(Br)nccn12. The van der Waals surface area contributed by atoms with E-state index in [1.54, 1.807) is 6.20 Å². The summed E-state index contributed by atoms with van der Waals surface area (Å²) >= 11 is 3.36. The molecule has 1 fully saturated rings. The van der Waals surface area contributed by atoms with Crippen LogP contribution < -0.4 is 0 Å². The first-order valence-corrected chi connectivity index (χ1v) is 5.42. The molecule has 0 aliphatic heterocycles. The lowest BCUT2D eigenvalue weighted by Gasteiger charge is -1.97. The first-order chi connectivity index (χ1) is 6.77. The van der Waals surface area contributed by atoms with E-state index in [0.29, 0.717) is 5.92 Å². The number of aromatic nitrogens is 4. The third-order valence-corrected chi connectivity index (χ3v) is 3.31. The van der Waals surface area contributed by atoms with Gasteiger partial charge in [-0.15, -0.1) is 10.2 Å². The Morgan fingerprint density at radius 1 is 1.50 bits per heavy atom. The molecule has 72 valence electrons. The summed E-state index contributed by atoms with van der Waals surface area (Å²) in [5, 5.41) is 8.33. The van der Waals surface area contributed by atoms with Gasteiger partial charge in [-0.1, -0.05) is 6.92 Å². The fourth-order valence-electron chi connectivity index (χ4n) is 1.75. The summed E-state index contributed by atoms with van der Waals surface area (Å²) in [6.45, 7) is 2.24. The van der Waals surface area contributed by atoms with E-state index < -0.39 is 0 Å². The van der Waals surface area contributed by atoms with Gasteiger partial charge in [-0.3, -0.25) is 4.40 Å². The molecule has 2 aromatic heterocycles. The Kier molecular flexibility index (Phi) is 1.65. The van der Waals surface area contributed by atoms with Gasteiger partial charge in [0.15, 0.2) is 10.3 Å². The fourth-order valence-corrected chi connectivity index (χ4v) is 2.14. The zero-order valence-electron chi connectivity index (χ0n) is 7.68. The first-order valence-electron chi connectivity index (χ1n) is 4.62. The molecule has 0 aromatic carbocycles. The van der Waals surface area contributed by atoms with Crippen LogP contribution in [0.2, 0.25) is 0 Å². The van der Waals surface area contributed by atoms with Crippen LogP contribution in [0.1, 0.15) is 25.1 Å². The van der Waals surface area contributed by atoms with E-state index in [1.807, 2.05) is 10.6 Å². The molecule has 4 nitrogen and oxygen atoms in total. The predicted octanol–water partition coefficient (Wildman–Crippen LogP) is 2.01. The summed E-state index contributed by atoms with van der Waals surface area (Å²) in [7, 11) is 0. The average molecular weight is 253 g/mol. The third kappa shape index (κ3) is 1.08. The van der Waals surface area contributed by atoms with Crippen molar-refractivity contribution >= 4 is 21.6 Å². The van der Waals surface area contributed by atoms with E-state index >= 15 is 0 Å². The Morgan fingerprint density at radius 3 is 3.00 bits per heavy atom. The molecule has 0 spiro atoms. The van der Waals surface area contributed by atoms with E-state index in [-0.39, 0.29) is 0 Å². The number of hydrogen-bond acceptors (Lipinski definition) is 3. The Hall–Kier alpha value is -0.970. The number of hydrogen-bond donors (Lipinski definition) is 0. The molecule has 1 aliphatic rings. The maximum Gasteiger partial charge on any atom is 0.193 e. The van der Waals surface area contributed by atoms with Gasteiger partial charge in [-0.25, -0.2) is 4.98 Å². The van der Waals surface area contributed by atoms with Gasteiger partial charge in [-0.2, -0.15) is 0 Å². The largest absolute Gasteiger partial charge is 0.282 e. The summed E-state index contributed by atoms with van der Waals surface area (Å²) < 4.78 is 2.78. The average Bonchev–Trinajstić information content (AvgIpc) is 2.75. The Morgan fingerprint density at radius 2 is 2.29 bits per heavy atom. The van der Waals surface area contributed by atoms with Crippen LogP contribution in [0.4, 0.5) is 0 Å². The number of nitrogens with zero attached hydrogens (tertiary/aromatic N) is 4. The molecule has 2 heterocycles. The van der Waals surface area contributed by atoms with Gasteiger partial charge < -0.3 is 0 Å². The maximum atomic E-state index is 4.21. The Labute approximate surface area is 89.5 Å². The normalized spacial score (nSPS) is 25.6. The molecular weight excluding hydrogens is 244 g/mol. The van der Waals surface area contributed by atoms with E-state index in [0.717, 1.165) is 22.0 Å². The lowest BCUT2D eigenvalue weighted by molar-refractivity contribution is 0.824. The van der Waals surface area contributed by atoms with Gasteiger partial charge in [0, 0.05) is 18.3 Å². The zero-order valence-corrected chi connectivity index (χ0v) is 9.27. The van der Waals surface area contributed by atoms with Crippen molar-refractivity contribution in [3.8, 4) is 0 Å². The van der Waals surface area contributed by atoms with Crippen molar-refractivity contribution in [3.05, 3.63) is 22.8 Å². The Bertz CT molecular complexity index is 493. The number of fused-ring (bicyclic) bond motifs is 1. The quantitative estimate of drug-likeness (QED) is 0.780. The number of rotatable bonds is 1. The van der Waals surface area contributed by atoms with E-state index in [1.165, 1.54) is 6.42 Å². The summed E-state index contributed by atoms with van der Waals surface area (Å²) in [6.07, 6.45) is 4.90. The minimum Gasteiger partial charge on any atom is -0.282 e. The van der Waals surface area contributed by atoms with Gasteiger partial charge in [0.05, 0.1) is 0 Å². The van der Waals surface area contributed by atoms with Crippen LogP contribution in [0.5, 0.6) is 0 Å². The molecule has 2 aromatic rings. The Balaban J connectivity index is 2.22. The molecule has 1 saturated carbocycles. The van der Waals surface area contributed by atoms with E-state index in [9.17, 15) is 0 Å². The van der Waals surface area contributed by atoms with Crippen molar-refractivity contribution in [2.75, 3.05) is 0 Å².